The Morgan fingerprint density at radius 2 is 1.11 bits per heavy atom. The number of allylic oxidation sites excluding steroid dienone is 3. The van der Waals surface area contributed by atoms with Crippen LogP contribution in [0.2, 0.25) is 0 Å². The molecule has 5 heteroatoms. The molecule has 0 amide bonds. The van der Waals surface area contributed by atoms with Crippen LogP contribution < -0.4 is 4.90 Å². The zero-order chi connectivity index (χ0) is 55.4. The number of thioether (sulfide) groups is 1. The molecule has 0 unspecified atom stereocenters. The predicted octanol–water partition coefficient (Wildman–Crippen LogP) is 14.2. The van der Waals surface area contributed by atoms with E-state index in [-0.39, 0.29) is 25.2 Å². The van der Waals surface area contributed by atoms with E-state index >= 15 is 0 Å². The highest BCUT2D eigenvalue weighted by molar-refractivity contribution is 8.50. The van der Waals surface area contributed by atoms with Crippen LogP contribution in [0.1, 0.15) is 35.7 Å². The van der Waals surface area contributed by atoms with E-state index in [0.29, 0.717) is 4.90 Å². The molecule has 2 N–H and O–H groups in total. The monoisotopic (exact) mass is 755 g/mol. The fraction of sp³-hybridized carbons (Fsp3) is 0. The van der Waals surface area contributed by atoms with Crippen molar-refractivity contribution in [3.8, 4) is 22.3 Å². The average molecular weight is 756 g/mol. The van der Waals surface area contributed by atoms with Gasteiger partial charge in [-0.05, 0) is 110 Å². The highest BCUT2D eigenvalue weighted by Gasteiger charge is 2.42. The Hall–Kier alpha value is -5.95. The second kappa shape index (κ2) is 12.6. The Kier molecular flexibility index (Phi) is 3.97. The van der Waals surface area contributed by atoms with Crippen LogP contribution in [0.15, 0.2) is 214 Å². The maximum Gasteiger partial charge on any atom is 0.0881 e. The normalized spacial score (nSPS) is 21.6. The standard InChI is InChI=1S/C49H35NO2S2/c51-54(52)47(23-10-24-49(54)53-46-21-5-6-22-48(46)54)38-15-7-16-41(33-38)50(39-29-25-36(26-30-39)44-19-8-13-34-11-1-3-17-42(34)44)40-31-27-37(28-32-40)45-20-9-14-35-12-2-4-18-43(35)45/h1-33,51-52H/i1D,2D,3D,4D,8D,9D,11D,12D,13D,14D,17D,18D,19D,20D,25D,26D,27D,28D,29D,30D,31D,32D. The second-order valence-electron chi connectivity index (χ2n) is 12.0. The molecule has 0 bridgehead atoms. The number of fused-ring (bicyclic) bond motifs is 5. The molecule has 0 fully saturated rings. The lowest BCUT2D eigenvalue weighted by Gasteiger charge is -2.46. The number of hydrogen-bond donors (Lipinski definition) is 2. The summed E-state index contributed by atoms with van der Waals surface area (Å²) < 4.78 is 223. The summed E-state index contributed by atoms with van der Waals surface area (Å²) in [5.41, 5.74) is -4.49. The van der Waals surface area contributed by atoms with Crippen LogP contribution in [-0.2, 0) is 0 Å². The molecule has 0 radical (unpaired) electrons. The van der Waals surface area contributed by atoms with E-state index < -0.39 is 197 Å². The van der Waals surface area contributed by atoms with Gasteiger partial charge in [0.25, 0.3) is 0 Å². The van der Waals surface area contributed by atoms with Gasteiger partial charge in [-0.15, -0.1) is 0 Å². The van der Waals surface area contributed by atoms with Gasteiger partial charge < -0.3 is 14.0 Å². The fourth-order valence-corrected chi connectivity index (χ4v) is 11.9. The first-order valence-corrected chi connectivity index (χ1v) is 19.0. The topological polar surface area (TPSA) is 43.7 Å². The van der Waals surface area contributed by atoms with Gasteiger partial charge in [0.2, 0.25) is 0 Å². The number of nitrogens with zero attached hydrogens (tertiary/aromatic N) is 1. The number of hydrogen-bond acceptors (Lipinski definition) is 4. The second-order valence-corrected chi connectivity index (χ2v) is 16.6. The van der Waals surface area contributed by atoms with E-state index in [4.69, 9.17) is 19.2 Å². The van der Waals surface area contributed by atoms with Crippen molar-refractivity contribution in [2.45, 2.75) is 9.79 Å². The van der Waals surface area contributed by atoms with Gasteiger partial charge in [-0.1, -0.05) is 151 Å². The highest BCUT2D eigenvalue weighted by Crippen LogP contribution is 2.78. The van der Waals surface area contributed by atoms with Crippen molar-refractivity contribution >= 4 is 64.5 Å². The Labute approximate surface area is 350 Å². The van der Waals surface area contributed by atoms with Crippen molar-refractivity contribution in [2.75, 3.05) is 4.90 Å². The molecule has 0 spiro atoms. The summed E-state index contributed by atoms with van der Waals surface area (Å²) >= 11 is 1.14. The molecule has 0 aliphatic carbocycles. The minimum absolute atomic E-state index is 0.0227. The molecule has 3 nitrogen and oxygen atoms in total. The van der Waals surface area contributed by atoms with Gasteiger partial charge in [0.05, 0.1) is 44.2 Å². The van der Waals surface area contributed by atoms with E-state index in [2.05, 4.69) is 0 Å². The summed E-state index contributed by atoms with van der Waals surface area (Å²) in [6, 6.07) is -7.24. The van der Waals surface area contributed by atoms with Crippen LogP contribution in [0.3, 0.4) is 0 Å². The first-order valence-electron chi connectivity index (χ1n) is 27.2. The van der Waals surface area contributed by atoms with Crippen LogP contribution in [0.4, 0.5) is 17.1 Å². The molecule has 10 rings (SSSR count). The van der Waals surface area contributed by atoms with Crippen molar-refractivity contribution in [3.05, 3.63) is 209 Å². The SMILES string of the molecule is [2H]c1c([2H])c(N(c2cccc(C3=S4(O)(O)C(=CC=C3)Sc3ccccc34)c2)c2c([2H])c([2H])c(-c3c([2H])c([2H])c([2H])c4c([2H])c([2H])c([2H])c([2H])c34)c([2H])c2[2H])c([2H])c([2H])c1-c1c([2H])c([2H])c([2H])c2c([2H])c([2H])c([2H])c([2H])c12. The molecule has 8 aromatic rings. The van der Waals surface area contributed by atoms with Crippen molar-refractivity contribution in [2.24, 2.45) is 0 Å². The number of anilines is 3. The minimum Gasteiger partial charge on any atom is -0.310 e. The third-order valence-corrected chi connectivity index (χ3v) is 14.5. The van der Waals surface area contributed by atoms with Gasteiger partial charge >= 0.3 is 0 Å². The van der Waals surface area contributed by atoms with Crippen LogP contribution in [-0.4, -0.2) is 14.0 Å². The molecule has 2 aliphatic rings. The molecule has 2 aliphatic heterocycles. The predicted molar refractivity (Wildman–Crippen MR) is 232 cm³/mol. The molecule has 54 heavy (non-hydrogen) atoms. The Morgan fingerprint density at radius 1 is 0.537 bits per heavy atom. The van der Waals surface area contributed by atoms with Crippen LogP contribution in [0, 0.1) is 0 Å². The lowest BCUT2D eigenvalue weighted by atomic mass is 9.97. The molecule has 0 saturated heterocycles. The lowest BCUT2D eigenvalue weighted by Crippen LogP contribution is -2.19. The third kappa shape index (κ3) is 5.12. The van der Waals surface area contributed by atoms with Crippen molar-refractivity contribution in [1.82, 2.24) is 0 Å². The zero-order valence-electron chi connectivity index (χ0n) is 49.5. The van der Waals surface area contributed by atoms with Gasteiger partial charge in [0.15, 0.2) is 0 Å². The minimum atomic E-state index is -4.90. The van der Waals surface area contributed by atoms with Gasteiger partial charge in [-0.3, -0.25) is 0 Å². The van der Waals surface area contributed by atoms with Crippen molar-refractivity contribution in [3.63, 3.8) is 0 Å². The van der Waals surface area contributed by atoms with E-state index in [1.165, 1.54) is 30.3 Å². The maximum absolute atomic E-state index is 12.8. The summed E-state index contributed by atoms with van der Waals surface area (Å²) in [5.74, 6) is 0. The number of rotatable bonds is 6. The first-order chi connectivity index (χ1) is 35.6. The third-order valence-electron chi connectivity index (χ3n) is 8.94. The van der Waals surface area contributed by atoms with Gasteiger partial charge in [-0.2, -0.15) is 9.31 Å². The molecule has 2 heterocycles. The van der Waals surface area contributed by atoms with Crippen LogP contribution >= 0.6 is 21.1 Å². The van der Waals surface area contributed by atoms with E-state index in [9.17, 15) is 20.1 Å². The molecular formula is C49H35NO2S2. The lowest BCUT2D eigenvalue weighted by molar-refractivity contribution is 0.491. The largest absolute Gasteiger partial charge is 0.310 e. The maximum atomic E-state index is 12.8. The van der Waals surface area contributed by atoms with Crippen molar-refractivity contribution < 1.29 is 39.3 Å². The fourth-order valence-electron chi connectivity index (χ4n) is 6.46. The van der Waals surface area contributed by atoms with Gasteiger partial charge in [0.1, 0.15) is 0 Å². The summed E-state index contributed by atoms with van der Waals surface area (Å²) in [5, 5.41) is -2.19. The Bertz CT molecular complexity index is 3940. The summed E-state index contributed by atoms with van der Waals surface area (Å²) in [7, 11) is -4.90. The quantitative estimate of drug-likeness (QED) is 0.166. The summed E-state index contributed by atoms with van der Waals surface area (Å²) in [4.78, 5) is 1.57. The summed E-state index contributed by atoms with van der Waals surface area (Å²) in [6.07, 6.45) is 4.61. The Morgan fingerprint density at radius 3 is 1.74 bits per heavy atom. The van der Waals surface area contributed by atoms with E-state index in [0.717, 1.165) is 16.7 Å². The van der Waals surface area contributed by atoms with Crippen LogP contribution in [0.5, 0.6) is 0 Å². The molecule has 0 saturated carbocycles. The van der Waals surface area contributed by atoms with Crippen LogP contribution in [0.25, 0.3) is 43.8 Å². The number of benzene rings is 8. The van der Waals surface area contributed by atoms with Crippen molar-refractivity contribution in [1.29, 1.82) is 0 Å². The molecule has 8 aromatic carbocycles. The molecule has 0 aromatic heterocycles. The molecule has 260 valence electrons. The first kappa shape index (κ1) is 17.0. The van der Waals surface area contributed by atoms with Gasteiger partial charge in [-0.25, -0.2) is 0 Å². The molecular weight excluding hydrogens is 699 g/mol. The zero-order valence-corrected chi connectivity index (χ0v) is 29.1. The van der Waals surface area contributed by atoms with Gasteiger partial charge in [0, 0.05) is 22.0 Å². The Balaban J connectivity index is 1.33. The molecule has 0 atom stereocenters. The highest BCUT2D eigenvalue weighted by atomic mass is 32.3. The van der Waals surface area contributed by atoms with E-state index in [1.54, 1.807) is 36.4 Å². The smallest absolute Gasteiger partial charge is 0.0881 e. The summed E-state index contributed by atoms with van der Waals surface area (Å²) in [6.45, 7) is 0. The van der Waals surface area contributed by atoms with E-state index in [1.807, 2.05) is 0 Å². The average Bonchev–Trinajstić information content (AvgIpc) is 3.70.